The first-order chi connectivity index (χ1) is 21.7. The molecular formula is C34H36ClN3O6S. The van der Waals surface area contributed by atoms with Crippen LogP contribution in [0.25, 0.3) is 0 Å². The number of halogens is 1. The van der Waals surface area contributed by atoms with Crippen LogP contribution in [0.2, 0.25) is 5.02 Å². The van der Waals surface area contributed by atoms with Crippen LogP contribution in [0.4, 0.5) is 5.69 Å². The summed E-state index contributed by atoms with van der Waals surface area (Å²) < 4.78 is 40.4. The number of ether oxygens (including phenoxy) is 2. The molecular weight excluding hydrogens is 614 g/mol. The van der Waals surface area contributed by atoms with Crippen LogP contribution in [0, 0.1) is 0 Å². The molecule has 0 heterocycles. The number of benzene rings is 4. The molecule has 11 heteroatoms. The van der Waals surface area contributed by atoms with Crippen molar-refractivity contribution in [1.29, 1.82) is 0 Å². The van der Waals surface area contributed by atoms with Crippen molar-refractivity contribution < 1.29 is 27.5 Å². The Morgan fingerprint density at radius 1 is 0.867 bits per heavy atom. The van der Waals surface area contributed by atoms with Crippen LogP contribution in [0.5, 0.6) is 11.5 Å². The number of carbonyl (C=O) groups is 2. The standard InChI is InChI=1S/C34H36ClN3O6S/c1-4-36-34(40)31(21-25-13-7-5-8-14-25)37(23-26-15-11-12-18-29(26)35)33(39)24-38(45(41,42)28-16-9-6-10-17-28)30-22-27(43-2)19-20-32(30)44-3/h5-20,22,31H,4,21,23-24H2,1-3H3,(H,36,40)/t31-/m0/s1. The van der Waals surface area contributed by atoms with Crippen LogP contribution >= 0.6 is 11.6 Å². The predicted molar refractivity (Wildman–Crippen MR) is 175 cm³/mol. The average molecular weight is 650 g/mol. The Balaban J connectivity index is 1.86. The van der Waals surface area contributed by atoms with Gasteiger partial charge in [-0.1, -0.05) is 78.3 Å². The lowest BCUT2D eigenvalue weighted by atomic mass is 10.0. The molecule has 0 saturated heterocycles. The molecule has 0 aliphatic carbocycles. The summed E-state index contributed by atoms with van der Waals surface area (Å²) in [6.45, 7) is 1.45. The summed E-state index contributed by atoms with van der Waals surface area (Å²) in [4.78, 5) is 29.5. The molecule has 9 nitrogen and oxygen atoms in total. The molecule has 0 aliphatic rings. The lowest BCUT2D eigenvalue weighted by molar-refractivity contribution is -0.140. The van der Waals surface area contributed by atoms with E-state index in [4.69, 9.17) is 21.1 Å². The summed E-state index contributed by atoms with van der Waals surface area (Å²) in [5, 5.41) is 3.25. The Kier molecular flexibility index (Phi) is 11.5. The van der Waals surface area contributed by atoms with E-state index in [1.165, 1.54) is 37.3 Å². The van der Waals surface area contributed by atoms with E-state index in [1.807, 2.05) is 30.3 Å². The van der Waals surface area contributed by atoms with Gasteiger partial charge in [0.05, 0.1) is 24.8 Å². The summed E-state index contributed by atoms with van der Waals surface area (Å²) in [5.74, 6) is -0.418. The van der Waals surface area contributed by atoms with Crippen LogP contribution < -0.4 is 19.1 Å². The molecule has 0 bridgehead atoms. The van der Waals surface area contributed by atoms with Crippen molar-refractivity contribution in [1.82, 2.24) is 10.2 Å². The number of anilines is 1. The van der Waals surface area contributed by atoms with Crippen LogP contribution in [-0.2, 0) is 32.6 Å². The van der Waals surface area contributed by atoms with Crippen LogP contribution in [0.3, 0.4) is 0 Å². The zero-order valence-corrected chi connectivity index (χ0v) is 26.9. The smallest absolute Gasteiger partial charge is 0.264 e. The molecule has 45 heavy (non-hydrogen) atoms. The molecule has 1 atom stereocenters. The lowest BCUT2D eigenvalue weighted by Crippen LogP contribution is -2.53. The van der Waals surface area contributed by atoms with Crippen molar-refractivity contribution >= 4 is 39.1 Å². The first kappa shape index (κ1) is 33.4. The minimum atomic E-state index is -4.31. The van der Waals surface area contributed by atoms with E-state index in [-0.39, 0.29) is 35.2 Å². The fourth-order valence-corrected chi connectivity index (χ4v) is 6.51. The van der Waals surface area contributed by atoms with Crippen molar-refractivity contribution in [3.63, 3.8) is 0 Å². The van der Waals surface area contributed by atoms with E-state index in [1.54, 1.807) is 61.5 Å². The number of amides is 2. The normalized spacial score (nSPS) is 11.7. The summed E-state index contributed by atoms with van der Waals surface area (Å²) in [6, 6.07) is 27.9. The fraction of sp³-hybridized carbons (Fsp3) is 0.235. The van der Waals surface area contributed by atoms with Gasteiger partial charge in [-0.05, 0) is 48.4 Å². The summed E-state index contributed by atoms with van der Waals surface area (Å²) in [7, 11) is -1.44. The van der Waals surface area contributed by atoms with Crippen molar-refractivity contribution in [2.75, 3.05) is 31.6 Å². The van der Waals surface area contributed by atoms with Crippen LogP contribution in [-0.4, -0.2) is 58.5 Å². The van der Waals surface area contributed by atoms with E-state index in [9.17, 15) is 18.0 Å². The molecule has 0 unspecified atom stereocenters. The molecule has 0 aromatic heterocycles. The molecule has 4 aromatic rings. The van der Waals surface area contributed by atoms with Gasteiger partial charge >= 0.3 is 0 Å². The number of methoxy groups -OCH3 is 2. The van der Waals surface area contributed by atoms with Gasteiger partial charge in [0, 0.05) is 30.6 Å². The van der Waals surface area contributed by atoms with Gasteiger partial charge in [0.25, 0.3) is 10.0 Å². The van der Waals surface area contributed by atoms with Gasteiger partial charge in [0.2, 0.25) is 11.8 Å². The maximum Gasteiger partial charge on any atom is 0.264 e. The highest BCUT2D eigenvalue weighted by molar-refractivity contribution is 7.92. The highest BCUT2D eigenvalue weighted by Crippen LogP contribution is 2.36. The average Bonchev–Trinajstić information content (AvgIpc) is 3.06. The van der Waals surface area contributed by atoms with Crippen LogP contribution in [0.1, 0.15) is 18.1 Å². The molecule has 0 saturated carbocycles. The third-order valence-electron chi connectivity index (χ3n) is 7.19. The molecule has 0 radical (unpaired) electrons. The minimum Gasteiger partial charge on any atom is -0.497 e. The summed E-state index contributed by atoms with van der Waals surface area (Å²) in [6.07, 6.45) is 0.191. The second-order valence-corrected chi connectivity index (χ2v) is 12.3. The van der Waals surface area contributed by atoms with Crippen molar-refractivity contribution in [3.8, 4) is 11.5 Å². The highest BCUT2D eigenvalue weighted by Gasteiger charge is 2.35. The number of rotatable bonds is 14. The number of nitrogens with one attached hydrogen (secondary N) is 1. The molecule has 2 amide bonds. The number of sulfonamides is 1. The van der Waals surface area contributed by atoms with Gasteiger partial charge in [-0.15, -0.1) is 0 Å². The SMILES string of the molecule is CCNC(=O)[C@H](Cc1ccccc1)N(Cc1ccccc1Cl)C(=O)CN(c1cc(OC)ccc1OC)S(=O)(=O)c1ccccc1. The second kappa shape index (κ2) is 15.5. The number of likely N-dealkylation sites (N-methyl/N-ethyl adjacent to an activating group) is 1. The zero-order chi connectivity index (χ0) is 32.4. The highest BCUT2D eigenvalue weighted by atomic mass is 35.5. The molecule has 4 rings (SSSR count). The fourth-order valence-electron chi connectivity index (χ4n) is 4.88. The Morgan fingerprint density at radius 3 is 2.13 bits per heavy atom. The minimum absolute atomic E-state index is 0.0233. The quantitative estimate of drug-likeness (QED) is 0.198. The number of hydrogen-bond acceptors (Lipinski definition) is 6. The van der Waals surface area contributed by atoms with E-state index in [0.717, 1.165) is 9.87 Å². The zero-order valence-electron chi connectivity index (χ0n) is 25.4. The number of hydrogen-bond donors (Lipinski definition) is 1. The van der Waals surface area contributed by atoms with E-state index < -0.39 is 28.5 Å². The molecule has 0 spiro atoms. The van der Waals surface area contributed by atoms with E-state index in [2.05, 4.69) is 5.32 Å². The van der Waals surface area contributed by atoms with Crippen molar-refractivity contribution in [2.24, 2.45) is 0 Å². The maximum atomic E-state index is 14.5. The topological polar surface area (TPSA) is 105 Å². The summed E-state index contributed by atoms with van der Waals surface area (Å²) >= 11 is 6.53. The number of carbonyl (C=O) groups excluding carboxylic acids is 2. The Morgan fingerprint density at radius 2 is 1.51 bits per heavy atom. The van der Waals surface area contributed by atoms with Crippen molar-refractivity contribution in [2.45, 2.75) is 30.8 Å². The molecule has 0 fully saturated rings. The Hall–Kier alpha value is -4.54. The van der Waals surface area contributed by atoms with E-state index in [0.29, 0.717) is 22.9 Å². The largest absolute Gasteiger partial charge is 0.497 e. The molecule has 1 N–H and O–H groups in total. The van der Waals surface area contributed by atoms with Crippen LogP contribution in [0.15, 0.2) is 108 Å². The Labute approximate surface area is 269 Å². The third-order valence-corrected chi connectivity index (χ3v) is 9.33. The lowest BCUT2D eigenvalue weighted by Gasteiger charge is -2.34. The second-order valence-electron chi connectivity index (χ2n) is 10.1. The first-order valence-corrected chi connectivity index (χ1v) is 16.2. The van der Waals surface area contributed by atoms with Gasteiger partial charge in [-0.3, -0.25) is 13.9 Å². The third kappa shape index (κ3) is 8.14. The molecule has 0 aliphatic heterocycles. The van der Waals surface area contributed by atoms with Gasteiger partial charge in [0.1, 0.15) is 24.1 Å². The maximum absolute atomic E-state index is 14.5. The van der Waals surface area contributed by atoms with E-state index >= 15 is 0 Å². The first-order valence-electron chi connectivity index (χ1n) is 14.3. The number of nitrogens with zero attached hydrogens (tertiary/aromatic N) is 2. The predicted octanol–water partition coefficient (Wildman–Crippen LogP) is 5.33. The van der Waals surface area contributed by atoms with Gasteiger partial charge in [-0.25, -0.2) is 8.42 Å². The van der Waals surface area contributed by atoms with Gasteiger partial charge < -0.3 is 19.7 Å². The molecule has 4 aromatic carbocycles. The van der Waals surface area contributed by atoms with Gasteiger partial charge in [-0.2, -0.15) is 0 Å². The Bertz CT molecular complexity index is 1700. The van der Waals surface area contributed by atoms with Crippen molar-refractivity contribution in [3.05, 3.63) is 119 Å². The monoisotopic (exact) mass is 649 g/mol. The molecule has 236 valence electrons. The van der Waals surface area contributed by atoms with Gasteiger partial charge in [0.15, 0.2) is 0 Å². The summed E-state index contributed by atoms with van der Waals surface area (Å²) in [5.41, 5.74) is 1.53.